The molecule has 1 saturated carbocycles. The van der Waals surface area contributed by atoms with Crippen LogP contribution in [0.3, 0.4) is 0 Å². The van der Waals surface area contributed by atoms with E-state index in [-0.39, 0.29) is 23.2 Å². The number of carbonyl (C=O) groups is 1. The topological polar surface area (TPSA) is 68.0 Å². The number of nitrogens with zero attached hydrogens (tertiary/aromatic N) is 2. The second-order valence-corrected chi connectivity index (χ2v) is 7.23. The van der Waals surface area contributed by atoms with Gasteiger partial charge in [0.1, 0.15) is 0 Å². The Morgan fingerprint density at radius 3 is 2.58 bits per heavy atom. The van der Waals surface area contributed by atoms with Crippen LogP contribution in [-0.2, 0) is 4.79 Å². The average molecular weight is 325 g/mol. The maximum atomic E-state index is 12.8. The summed E-state index contributed by atoms with van der Waals surface area (Å²) in [7, 11) is 0. The molecule has 1 aliphatic carbocycles. The zero-order valence-electron chi connectivity index (χ0n) is 14.8. The number of allylic oxidation sites excluding steroid dienone is 2. The lowest BCUT2D eigenvalue weighted by Gasteiger charge is -2.09. The van der Waals surface area contributed by atoms with Crippen LogP contribution >= 0.6 is 0 Å². The largest absolute Gasteiger partial charge is 0.421 e. The fourth-order valence-corrected chi connectivity index (χ4v) is 3.24. The van der Waals surface area contributed by atoms with E-state index >= 15 is 0 Å². The molecule has 0 unspecified atom stereocenters. The number of carbonyl (C=O) groups excluding carboxylic acids is 1. The Bertz CT molecular complexity index is 800. The molecular formula is C19H23N3O2. The van der Waals surface area contributed by atoms with Gasteiger partial charge in [0.2, 0.25) is 17.7 Å². The number of amides is 1. The van der Waals surface area contributed by atoms with E-state index in [2.05, 4.69) is 49.3 Å². The molecule has 5 nitrogen and oxygen atoms in total. The lowest BCUT2D eigenvalue weighted by atomic mass is 10.1. The third-order valence-corrected chi connectivity index (χ3v) is 4.65. The predicted octanol–water partition coefficient (Wildman–Crippen LogP) is 4.22. The number of benzene rings is 1. The molecule has 1 aromatic heterocycles. The van der Waals surface area contributed by atoms with Crippen molar-refractivity contribution in [2.45, 2.75) is 34.6 Å². The smallest absolute Gasteiger partial charge is 0.249 e. The molecule has 0 radical (unpaired) electrons. The first kappa shape index (κ1) is 16.4. The van der Waals surface area contributed by atoms with Crippen LogP contribution in [0.15, 0.2) is 40.3 Å². The molecule has 24 heavy (non-hydrogen) atoms. The van der Waals surface area contributed by atoms with Crippen LogP contribution in [0.2, 0.25) is 0 Å². The third-order valence-electron chi connectivity index (χ3n) is 4.65. The maximum Gasteiger partial charge on any atom is 0.249 e. The standard InChI is InChI=1S/C19H23N3O2/c1-11(2)10-14-16(19(14,4)5)17(23)20-15-9-7-6-8-13(15)18-22-21-12(3)24-18/h6-10,14,16H,1-5H3,(H,20,23)/t14-,16-/m0/s1. The summed E-state index contributed by atoms with van der Waals surface area (Å²) in [4.78, 5) is 12.8. The second kappa shape index (κ2) is 5.89. The molecular weight excluding hydrogens is 302 g/mol. The van der Waals surface area contributed by atoms with Gasteiger partial charge in [0.15, 0.2) is 0 Å². The van der Waals surface area contributed by atoms with Crippen LogP contribution in [0.5, 0.6) is 0 Å². The van der Waals surface area contributed by atoms with Gasteiger partial charge in [0.25, 0.3) is 0 Å². The van der Waals surface area contributed by atoms with Gasteiger partial charge in [-0.25, -0.2) is 0 Å². The number of aryl methyl sites for hydroxylation is 1. The van der Waals surface area contributed by atoms with Crippen molar-refractivity contribution in [3.8, 4) is 11.5 Å². The van der Waals surface area contributed by atoms with E-state index in [1.54, 1.807) is 6.92 Å². The van der Waals surface area contributed by atoms with Crippen LogP contribution < -0.4 is 5.32 Å². The molecule has 126 valence electrons. The second-order valence-electron chi connectivity index (χ2n) is 7.23. The molecule has 0 saturated heterocycles. The molecule has 1 aliphatic rings. The van der Waals surface area contributed by atoms with Crippen LogP contribution in [-0.4, -0.2) is 16.1 Å². The summed E-state index contributed by atoms with van der Waals surface area (Å²) < 4.78 is 5.50. The van der Waals surface area contributed by atoms with Gasteiger partial charge in [-0.15, -0.1) is 10.2 Å². The number of hydrogen-bond donors (Lipinski definition) is 1. The Morgan fingerprint density at radius 1 is 1.25 bits per heavy atom. The van der Waals surface area contributed by atoms with E-state index < -0.39 is 0 Å². The minimum atomic E-state index is -0.0233. The molecule has 0 aliphatic heterocycles. The molecule has 2 aromatic rings. The van der Waals surface area contributed by atoms with Gasteiger partial charge in [0, 0.05) is 6.92 Å². The molecule has 1 amide bonds. The highest BCUT2D eigenvalue weighted by atomic mass is 16.4. The van der Waals surface area contributed by atoms with Gasteiger partial charge in [0.05, 0.1) is 17.2 Å². The molecule has 3 rings (SSSR count). The van der Waals surface area contributed by atoms with E-state index in [1.807, 2.05) is 24.3 Å². The van der Waals surface area contributed by atoms with Gasteiger partial charge >= 0.3 is 0 Å². The highest BCUT2D eigenvalue weighted by molar-refractivity contribution is 5.98. The molecule has 0 spiro atoms. The SMILES string of the molecule is CC(C)=C[C@H]1[C@@H](C(=O)Nc2ccccc2-c2nnc(C)o2)C1(C)C. The van der Waals surface area contributed by atoms with Gasteiger partial charge in [-0.1, -0.05) is 37.6 Å². The van der Waals surface area contributed by atoms with Crippen molar-refractivity contribution in [2.24, 2.45) is 17.3 Å². The molecule has 1 fully saturated rings. The first-order valence-corrected chi connectivity index (χ1v) is 8.16. The van der Waals surface area contributed by atoms with E-state index in [4.69, 9.17) is 4.42 Å². The van der Waals surface area contributed by atoms with Crippen LogP contribution in [0.25, 0.3) is 11.5 Å². The fourth-order valence-electron chi connectivity index (χ4n) is 3.24. The van der Waals surface area contributed by atoms with Crippen LogP contribution in [0, 0.1) is 24.2 Å². The normalized spacial score (nSPS) is 21.2. The van der Waals surface area contributed by atoms with Crippen molar-refractivity contribution in [3.05, 3.63) is 41.8 Å². The molecule has 1 N–H and O–H groups in total. The molecule has 0 bridgehead atoms. The van der Waals surface area contributed by atoms with Crippen molar-refractivity contribution in [2.75, 3.05) is 5.32 Å². The summed E-state index contributed by atoms with van der Waals surface area (Å²) in [5, 5.41) is 11.0. The predicted molar refractivity (Wildman–Crippen MR) is 93.3 cm³/mol. The Labute approximate surface area is 142 Å². The number of nitrogens with one attached hydrogen (secondary N) is 1. The minimum Gasteiger partial charge on any atom is -0.421 e. The van der Waals surface area contributed by atoms with Crippen molar-refractivity contribution >= 4 is 11.6 Å². The van der Waals surface area contributed by atoms with Crippen LogP contribution in [0.4, 0.5) is 5.69 Å². The quantitative estimate of drug-likeness (QED) is 0.855. The number of hydrogen-bond acceptors (Lipinski definition) is 4. The van der Waals surface area contributed by atoms with Gasteiger partial charge in [-0.05, 0) is 37.3 Å². The van der Waals surface area contributed by atoms with Gasteiger partial charge < -0.3 is 9.73 Å². The van der Waals surface area contributed by atoms with Crippen molar-refractivity contribution in [1.82, 2.24) is 10.2 Å². The number of para-hydroxylation sites is 1. The van der Waals surface area contributed by atoms with Crippen molar-refractivity contribution < 1.29 is 9.21 Å². The van der Waals surface area contributed by atoms with E-state index in [0.717, 1.165) is 5.56 Å². The average Bonchev–Trinajstić information content (AvgIpc) is 2.82. The Hall–Kier alpha value is -2.43. The van der Waals surface area contributed by atoms with Gasteiger partial charge in [-0.2, -0.15) is 0 Å². The zero-order valence-corrected chi connectivity index (χ0v) is 14.8. The lowest BCUT2D eigenvalue weighted by molar-refractivity contribution is -0.118. The monoisotopic (exact) mass is 325 g/mol. The highest BCUT2D eigenvalue weighted by Crippen LogP contribution is 2.59. The Morgan fingerprint density at radius 2 is 1.96 bits per heavy atom. The first-order chi connectivity index (χ1) is 11.3. The Balaban J connectivity index is 1.83. The van der Waals surface area contributed by atoms with Gasteiger partial charge in [-0.3, -0.25) is 4.79 Å². The molecule has 1 heterocycles. The maximum absolute atomic E-state index is 12.8. The molecule has 1 aromatic carbocycles. The van der Waals surface area contributed by atoms with E-state index in [9.17, 15) is 4.79 Å². The van der Waals surface area contributed by atoms with Crippen molar-refractivity contribution in [1.29, 1.82) is 0 Å². The lowest BCUT2D eigenvalue weighted by Crippen LogP contribution is -2.17. The number of rotatable bonds is 4. The summed E-state index contributed by atoms with van der Waals surface area (Å²) in [6.45, 7) is 10.1. The molecule has 2 atom stereocenters. The van der Waals surface area contributed by atoms with E-state index in [0.29, 0.717) is 17.5 Å². The summed E-state index contributed by atoms with van der Waals surface area (Å²) in [5.74, 6) is 1.20. The number of aromatic nitrogens is 2. The van der Waals surface area contributed by atoms with E-state index in [1.165, 1.54) is 5.57 Å². The summed E-state index contributed by atoms with van der Waals surface area (Å²) in [6.07, 6.45) is 2.19. The molecule has 5 heteroatoms. The third kappa shape index (κ3) is 2.98. The summed E-state index contributed by atoms with van der Waals surface area (Å²) in [6, 6.07) is 7.50. The minimum absolute atomic E-state index is 0.0165. The first-order valence-electron chi connectivity index (χ1n) is 8.16. The van der Waals surface area contributed by atoms with Crippen LogP contribution in [0.1, 0.15) is 33.6 Å². The fraction of sp³-hybridized carbons (Fsp3) is 0.421. The summed E-state index contributed by atoms with van der Waals surface area (Å²) in [5.41, 5.74) is 2.66. The Kier molecular flexibility index (Phi) is 4.03. The highest BCUT2D eigenvalue weighted by Gasteiger charge is 2.60. The number of anilines is 1. The summed E-state index contributed by atoms with van der Waals surface area (Å²) >= 11 is 0. The van der Waals surface area contributed by atoms with Crippen molar-refractivity contribution in [3.63, 3.8) is 0 Å². The zero-order chi connectivity index (χ0) is 17.5.